The number of carboxylic acid groups (broad SMARTS) is 2. The van der Waals surface area contributed by atoms with Gasteiger partial charge in [0.1, 0.15) is 4.32 Å². The molecule has 10 heteroatoms. The van der Waals surface area contributed by atoms with Gasteiger partial charge in [-0.05, 0) is 23.8 Å². The quantitative estimate of drug-likeness (QED) is 0.480. The van der Waals surface area contributed by atoms with Crippen LogP contribution < -0.4 is 14.9 Å². The fourth-order valence-corrected chi connectivity index (χ4v) is 3.48. The summed E-state index contributed by atoms with van der Waals surface area (Å²) in [7, 11) is 1.36. The number of carbonyl (C=O) groups excluding carboxylic acids is 3. The number of thioether (sulfide) groups is 1. The van der Waals surface area contributed by atoms with E-state index in [0.717, 1.165) is 11.8 Å². The highest BCUT2D eigenvalue weighted by atomic mass is 32.2. The second kappa shape index (κ2) is 7.53. The predicted octanol–water partition coefficient (Wildman–Crippen LogP) is -1.14. The van der Waals surface area contributed by atoms with E-state index in [9.17, 15) is 29.7 Å². The van der Waals surface area contributed by atoms with Gasteiger partial charge in [-0.2, -0.15) is 0 Å². The molecular weight excluding hydrogens is 370 g/mol. The highest BCUT2D eigenvalue weighted by Gasteiger charge is 2.37. The van der Waals surface area contributed by atoms with Crippen molar-refractivity contribution in [3.05, 3.63) is 28.7 Å². The van der Waals surface area contributed by atoms with Gasteiger partial charge in [0.25, 0.3) is 5.91 Å². The number of amides is 1. The number of nitrogens with zero attached hydrogens (tertiary/aromatic N) is 1. The van der Waals surface area contributed by atoms with E-state index in [0.29, 0.717) is 10.5 Å². The van der Waals surface area contributed by atoms with Crippen molar-refractivity contribution in [2.24, 2.45) is 0 Å². The molecule has 1 N–H and O–H groups in total. The summed E-state index contributed by atoms with van der Waals surface area (Å²) in [6.07, 6.45) is 0.488. The van der Waals surface area contributed by atoms with Crippen LogP contribution in [0.2, 0.25) is 0 Å². The second-order valence-corrected chi connectivity index (χ2v) is 6.57. The van der Waals surface area contributed by atoms with E-state index in [1.807, 2.05) is 0 Å². The van der Waals surface area contributed by atoms with Crippen LogP contribution in [0.3, 0.4) is 0 Å². The van der Waals surface area contributed by atoms with Crippen molar-refractivity contribution in [1.29, 1.82) is 0 Å². The zero-order valence-corrected chi connectivity index (χ0v) is 14.4. The van der Waals surface area contributed by atoms with Crippen LogP contribution in [0.1, 0.15) is 12.0 Å². The van der Waals surface area contributed by atoms with E-state index in [2.05, 4.69) is 0 Å². The molecule has 8 nitrogen and oxygen atoms in total. The molecule has 1 saturated heterocycles. The molecule has 2 rings (SSSR count). The van der Waals surface area contributed by atoms with Crippen molar-refractivity contribution < 1.29 is 34.4 Å². The van der Waals surface area contributed by atoms with Crippen LogP contribution in [0.25, 0.3) is 6.08 Å². The van der Waals surface area contributed by atoms with Crippen molar-refractivity contribution >= 4 is 52.2 Å². The number of carbonyl (C=O) groups is 3. The van der Waals surface area contributed by atoms with Crippen LogP contribution in [0.15, 0.2) is 23.1 Å². The average molecular weight is 381 g/mol. The third kappa shape index (κ3) is 4.09. The fraction of sp³-hybridized carbons (Fsp3) is 0.200. The summed E-state index contributed by atoms with van der Waals surface area (Å²) in [6, 6.07) is 2.60. The minimum Gasteiger partial charge on any atom is -0.550 e. The number of methoxy groups -OCH3 is 1. The largest absolute Gasteiger partial charge is 0.550 e. The predicted molar refractivity (Wildman–Crippen MR) is 88.1 cm³/mol. The molecule has 1 aliphatic rings. The van der Waals surface area contributed by atoms with Gasteiger partial charge in [-0.15, -0.1) is 0 Å². The molecule has 0 unspecified atom stereocenters. The smallest absolute Gasteiger partial charge is 0.266 e. The first-order valence-corrected chi connectivity index (χ1v) is 8.01. The van der Waals surface area contributed by atoms with Crippen LogP contribution in [0.5, 0.6) is 11.5 Å². The van der Waals surface area contributed by atoms with Crippen molar-refractivity contribution in [3.63, 3.8) is 0 Å². The lowest BCUT2D eigenvalue weighted by molar-refractivity contribution is -0.319. The fourth-order valence-electron chi connectivity index (χ4n) is 2.12. The third-order valence-corrected chi connectivity index (χ3v) is 4.60. The molecule has 132 valence electrons. The SMILES string of the molecule is COc1cc(/C=C2/SC(=S)N([C@@H](CC(=O)[O-])C(=O)[O-])C2=O)ccc1O. The lowest BCUT2D eigenvalue weighted by Crippen LogP contribution is -2.52. The minimum absolute atomic E-state index is 0.0850. The Kier molecular flexibility index (Phi) is 5.65. The molecule has 0 aromatic heterocycles. The molecule has 1 heterocycles. The number of benzene rings is 1. The van der Waals surface area contributed by atoms with Crippen LogP contribution in [0, 0.1) is 0 Å². The van der Waals surface area contributed by atoms with E-state index in [1.165, 1.54) is 31.4 Å². The number of thiocarbonyl (C=S) groups is 1. The van der Waals surface area contributed by atoms with Gasteiger partial charge in [0.2, 0.25) is 0 Å². The van der Waals surface area contributed by atoms with Gasteiger partial charge in [0.05, 0.1) is 24.0 Å². The lowest BCUT2D eigenvalue weighted by Gasteiger charge is -2.27. The van der Waals surface area contributed by atoms with Gasteiger partial charge < -0.3 is 29.6 Å². The Morgan fingerprint density at radius 2 is 2.12 bits per heavy atom. The Morgan fingerprint density at radius 1 is 1.44 bits per heavy atom. The Hall–Kier alpha value is -2.59. The van der Waals surface area contributed by atoms with E-state index < -0.39 is 30.3 Å². The standard InChI is InChI=1S/C15H13NO7S2/c1-23-10-4-7(2-3-9(10)17)5-11-13(20)16(15(24)25-11)8(14(21)22)6-12(18)19/h2-5,8,17H,6H2,1H3,(H,18,19)(H,21,22)/p-2/b11-5+/t8-/m0/s1. The van der Waals surface area contributed by atoms with Gasteiger partial charge in [-0.3, -0.25) is 9.69 Å². The van der Waals surface area contributed by atoms with E-state index >= 15 is 0 Å². The number of carboxylic acids is 2. The van der Waals surface area contributed by atoms with Gasteiger partial charge >= 0.3 is 0 Å². The van der Waals surface area contributed by atoms with E-state index in [1.54, 1.807) is 0 Å². The topological polar surface area (TPSA) is 130 Å². The summed E-state index contributed by atoms with van der Waals surface area (Å²) < 4.78 is 4.87. The highest BCUT2D eigenvalue weighted by Crippen LogP contribution is 2.35. The molecule has 0 spiro atoms. The Morgan fingerprint density at radius 3 is 2.68 bits per heavy atom. The summed E-state index contributed by atoms with van der Waals surface area (Å²) in [4.78, 5) is 35.1. The van der Waals surface area contributed by atoms with Crippen molar-refractivity contribution in [2.75, 3.05) is 7.11 Å². The maximum absolute atomic E-state index is 12.4. The number of phenols is 1. The highest BCUT2D eigenvalue weighted by molar-refractivity contribution is 8.26. The Bertz CT molecular complexity index is 790. The number of rotatable bonds is 6. The van der Waals surface area contributed by atoms with Gasteiger partial charge in [0.15, 0.2) is 11.5 Å². The monoisotopic (exact) mass is 381 g/mol. The normalized spacial score (nSPS) is 17.0. The van der Waals surface area contributed by atoms with Crippen LogP contribution >= 0.6 is 24.0 Å². The molecule has 0 radical (unpaired) electrons. The van der Waals surface area contributed by atoms with Crippen molar-refractivity contribution in [2.45, 2.75) is 12.5 Å². The molecule has 1 aliphatic heterocycles. The molecule has 1 amide bonds. The third-order valence-electron chi connectivity index (χ3n) is 3.27. The molecule has 0 bridgehead atoms. The van der Waals surface area contributed by atoms with Crippen molar-refractivity contribution in [1.82, 2.24) is 4.90 Å². The summed E-state index contributed by atoms with van der Waals surface area (Å²) in [5, 5.41) is 31.5. The molecule has 0 aliphatic carbocycles. The first kappa shape index (κ1) is 18.7. The summed E-state index contributed by atoms with van der Waals surface area (Å²) in [6.45, 7) is 0. The number of hydrogen-bond donors (Lipinski definition) is 1. The molecule has 1 aromatic rings. The molecule has 1 atom stereocenters. The maximum atomic E-state index is 12.4. The number of aliphatic carboxylic acids is 2. The van der Waals surface area contributed by atoms with Crippen molar-refractivity contribution in [3.8, 4) is 11.5 Å². The molecule has 0 saturated carbocycles. The van der Waals surface area contributed by atoms with Gasteiger partial charge in [0, 0.05) is 12.4 Å². The molecule has 25 heavy (non-hydrogen) atoms. The number of aromatic hydroxyl groups is 1. The minimum atomic E-state index is -1.75. The first-order valence-electron chi connectivity index (χ1n) is 6.79. The number of phenolic OH excluding ortho intramolecular Hbond substituents is 1. The zero-order valence-electron chi connectivity index (χ0n) is 12.8. The van der Waals surface area contributed by atoms with E-state index in [-0.39, 0.29) is 20.7 Å². The summed E-state index contributed by atoms with van der Waals surface area (Å²) in [5.41, 5.74) is 0.500. The summed E-state index contributed by atoms with van der Waals surface area (Å²) in [5.74, 6) is -4.03. The number of hydrogen-bond acceptors (Lipinski definition) is 9. The molecule has 1 aromatic carbocycles. The molecular formula is C15H11NO7S2-2. The maximum Gasteiger partial charge on any atom is 0.266 e. The average Bonchev–Trinajstić information content (AvgIpc) is 2.80. The van der Waals surface area contributed by atoms with Crippen LogP contribution in [-0.4, -0.2) is 45.3 Å². The Balaban J connectivity index is 2.34. The first-order chi connectivity index (χ1) is 11.7. The second-order valence-electron chi connectivity index (χ2n) is 4.89. The number of ether oxygens (including phenoxy) is 1. The van der Waals surface area contributed by atoms with E-state index in [4.69, 9.17) is 17.0 Å². The zero-order chi connectivity index (χ0) is 18.7. The lowest BCUT2D eigenvalue weighted by atomic mass is 10.1. The van der Waals surface area contributed by atoms with Crippen LogP contribution in [0.4, 0.5) is 0 Å². The molecule has 1 fully saturated rings. The Labute approximate surface area is 151 Å². The van der Waals surface area contributed by atoms with Gasteiger partial charge in [-0.1, -0.05) is 30.0 Å². The van der Waals surface area contributed by atoms with Crippen LogP contribution in [-0.2, 0) is 14.4 Å². The van der Waals surface area contributed by atoms with Gasteiger partial charge in [-0.25, -0.2) is 0 Å². The summed E-state index contributed by atoms with van der Waals surface area (Å²) >= 11 is 5.81.